The van der Waals surface area contributed by atoms with Crippen LogP contribution < -0.4 is 5.32 Å². The zero-order chi connectivity index (χ0) is 6.85. The van der Waals surface area contributed by atoms with Crippen molar-refractivity contribution in [1.82, 2.24) is 5.32 Å². The highest BCUT2D eigenvalue weighted by molar-refractivity contribution is 5.87. The molecule has 3 heteroatoms. The van der Waals surface area contributed by atoms with Crippen LogP contribution in [0, 0.1) is 0 Å². The maximum Gasteiger partial charge on any atom is 0.177 e. The molecule has 0 aliphatic carbocycles. The van der Waals surface area contributed by atoms with E-state index in [2.05, 4.69) is 5.32 Å². The molecule has 0 aromatic rings. The second-order valence-electron chi connectivity index (χ2n) is 2.25. The Balaban J connectivity index is 2.55. The van der Waals surface area contributed by atoms with E-state index in [1.165, 1.54) is 0 Å². The highest BCUT2D eigenvalue weighted by atomic mass is 16.5. The first-order valence-electron chi connectivity index (χ1n) is 3.07. The average Bonchev–Trinajstić information content (AvgIpc) is 2.12. The minimum atomic E-state index is -0.0787. The fourth-order valence-corrected chi connectivity index (χ4v) is 1.06. The van der Waals surface area contributed by atoms with Crippen molar-refractivity contribution in [3.63, 3.8) is 0 Å². The number of carbonyl (C=O) groups excluding carboxylic acids is 1. The molecule has 2 atom stereocenters. The predicted molar refractivity (Wildman–Crippen MR) is 33.3 cm³/mol. The molecule has 3 nitrogen and oxygen atoms in total. The van der Waals surface area contributed by atoms with Crippen LogP contribution in [0.4, 0.5) is 0 Å². The average molecular weight is 129 g/mol. The Kier molecular flexibility index (Phi) is 1.83. The van der Waals surface area contributed by atoms with Gasteiger partial charge in [0.05, 0.1) is 12.1 Å². The number of hydrogen-bond donors (Lipinski definition) is 1. The number of nitrogens with one attached hydrogen (secondary N) is 1. The Labute approximate surface area is 54.4 Å². The number of ether oxygens (including phenoxy) is 1. The summed E-state index contributed by atoms with van der Waals surface area (Å²) in [7, 11) is 1.77. The van der Waals surface area contributed by atoms with Crippen LogP contribution in [0.25, 0.3) is 0 Å². The molecule has 0 saturated carbocycles. The second-order valence-corrected chi connectivity index (χ2v) is 2.25. The van der Waals surface area contributed by atoms with E-state index in [0.717, 1.165) is 0 Å². The maximum absolute atomic E-state index is 10.8. The summed E-state index contributed by atoms with van der Waals surface area (Å²) in [4.78, 5) is 10.8. The SMILES string of the molecule is CN[C@@H]1C(=O)CO[C@@H]1C. The topological polar surface area (TPSA) is 38.3 Å². The minimum absolute atomic E-state index is 0.0440. The lowest BCUT2D eigenvalue weighted by molar-refractivity contribution is -0.119. The van der Waals surface area contributed by atoms with Crippen LogP contribution in [0.15, 0.2) is 0 Å². The number of ketones is 1. The number of rotatable bonds is 1. The molecule has 1 saturated heterocycles. The highest BCUT2D eigenvalue weighted by Crippen LogP contribution is 2.07. The maximum atomic E-state index is 10.8. The third kappa shape index (κ3) is 1.11. The molecule has 1 aliphatic heterocycles. The predicted octanol–water partition coefficient (Wildman–Crippen LogP) is -0.438. The fraction of sp³-hybridized carbons (Fsp3) is 0.833. The Morgan fingerprint density at radius 3 is 2.67 bits per heavy atom. The molecule has 0 radical (unpaired) electrons. The van der Waals surface area contributed by atoms with Crippen molar-refractivity contribution < 1.29 is 9.53 Å². The molecular formula is C6H11NO2. The third-order valence-electron chi connectivity index (χ3n) is 1.62. The van der Waals surface area contributed by atoms with Crippen LogP contribution in [0.5, 0.6) is 0 Å². The van der Waals surface area contributed by atoms with E-state index < -0.39 is 0 Å². The molecule has 1 aliphatic rings. The van der Waals surface area contributed by atoms with Crippen LogP contribution >= 0.6 is 0 Å². The molecule has 0 aromatic heterocycles. The third-order valence-corrected chi connectivity index (χ3v) is 1.62. The molecule has 0 unspecified atom stereocenters. The standard InChI is InChI=1S/C6H11NO2/c1-4-6(7-2)5(8)3-9-4/h4,6-7H,3H2,1-2H3/t4-,6+/m1/s1. The molecule has 1 heterocycles. The van der Waals surface area contributed by atoms with Gasteiger partial charge in [-0.1, -0.05) is 0 Å². The Hall–Kier alpha value is -0.410. The van der Waals surface area contributed by atoms with Crippen molar-refractivity contribution in [2.45, 2.75) is 19.1 Å². The van der Waals surface area contributed by atoms with E-state index in [-0.39, 0.29) is 24.5 Å². The molecule has 0 spiro atoms. The van der Waals surface area contributed by atoms with Crippen molar-refractivity contribution in [2.75, 3.05) is 13.7 Å². The molecule has 52 valence electrons. The first-order chi connectivity index (χ1) is 4.25. The van der Waals surface area contributed by atoms with E-state index in [4.69, 9.17) is 4.74 Å². The molecule has 0 bridgehead atoms. The molecule has 1 N–H and O–H groups in total. The fourth-order valence-electron chi connectivity index (χ4n) is 1.06. The van der Waals surface area contributed by atoms with Crippen molar-refractivity contribution >= 4 is 5.78 Å². The Morgan fingerprint density at radius 1 is 1.78 bits per heavy atom. The van der Waals surface area contributed by atoms with Gasteiger partial charge in [0.2, 0.25) is 0 Å². The van der Waals surface area contributed by atoms with Crippen molar-refractivity contribution in [3.8, 4) is 0 Å². The van der Waals surface area contributed by atoms with Crippen LogP contribution in [0.1, 0.15) is 6.92 Å². The van der Waals surface area contributed by atoms with Gasteiger partial charge >= 0.3 is 0 Å². The Morgan fingerprint density at radius 2 is 2.44 bits per heavy atom. The van der Waals surface area contributed by atoms with Crippen LogP contribution in [-0.2, 0) is 9.53 Å². The number of carbonyl (C=O) groups is 1. The van der Waals surface area contributed by atoms with Gasteiger partial charge in [-0.3, -0.25) is 4.79 Å². The molecule has 0 amide bonds. The van der Waals surface area contributed by atoms with E-state index in [1.54, 1.807) is 7.05 Å². The molecule has 1 fully saturated rings. The summed E-state index contributed by atoms with van der Waals surface area (Å²) in [6, 6.07) is -0.0787. The lowest BCUT2D eigenvalue weighted by atomic mass is 10.1. The largest absolute Gasteiger partial charge is 0.369 e. The van der Waals surface area contributed by atoms with Gasteiger partial charge < -0.3 is 10.1 Å². The summed E-state index contributed by atoms with van der Waals surface area (Å²) >= 11 is 0. The zero-order valence-electron chi connectivity index (χ0n) is 5.68. The summed E-state index contributed by atoms with van der Waals surface area (Å²) in [6.07, 6.45) is 0.0440. The van der Waals surface area contributed by atoms with Crippen LogP contribution in [0.2, 0.25) is 0 Å². The van der Waals surface area contributed by atoms with Gasteiger partial charge in [0.25, 0.3) is 0 Å². The van der Waals surface area contributed by atoms with Crippen molar-refractivity contribution in [3.05, 3.63) is 0 Å². The summed E-state index contributed by atoms with van der Waals surface area (Å²) in [6.45, 7) is 2.17. The smallest absolute Gasteiger partial charge is 0.177 e. The molecule has 0 aromatic carbocycles. The summed E-state index contributed by atoms with van der Waals surface area (Å²) in [5, 5.41) is 2.89. The highest BCUT2D eigenvalue weighted by Gasteiger charge is 2.30. The molecule has 1 rings (SSSR count). The van der Waals surface area contributed by atoms with Crippen molar-refractivity contribution in [1.29, 1.82) is 0 Å². The van der Waals surface area contributed by atoms with Crippen LogP contribution in [0.3, 0.4) is 0 Å². The zero-order valence-corrected chi connectivity index (χ0v) is 5.68. The first-order valence-corrected chi connectivity index (χ1v) is 3.07. The number of likely N-dealkylation sites (N-methyl/N-ethyl adjacent to an activating group) is 1. The summed E-state index contributed by atoms with van der Waals surface area (Å²) in [5.74, 6) is 0.157. The quantitative estimate of drug-likeness (QED) is 0.521. The first kappa shape index (κ1) is 6.71. The number of Topliss-reactive ketones (excluding diaryl/α,β-unsaturated/α-hetero) is 1. The van der Waals surface area contributed by atoms with Gasteiger partial charge in [0, 0.05) is 0 Å². The van der Waals surface area contributed by atoms with Crippen LogP contribution in [-0.4, -0.2) is 31.6 Å². The van der Waals surface area contributed by atoms with Gasteiger partial charge in [-0.2, -0.15) is 0 Å². The van der Waals surface area contributed by atoms with Crippen molar-refractivity contribution in [2.24, 2.45) is 0 Å². The molecule has 9 heavy (non-hydrogen) atoms. The second kappa shape index (κ2) is 2.45. The lowest BCUT2D eigenvalue weighted by Crippen LogP contribution is -2.37. The number of hydrogen-bond acceptors (Lipinski definition) is 3. The summed E-state index contributed by atoms with van der Waals surface area (Å²) < 4.78 is 5.06. The van der Waals surface area contributed by atoms with Gasteiger partial charge in [-0.05, 0) is 14.0 Å². The van der Waals surface area contributed by atoms with Gasteiger partial charge in [0.1, 0.15) is 6.61 Å². The normalized spacial score (nSPS) is 35.6. The van der Waals surface area contributed by atoms with Gasteiger partial charge in [-0.15, -0.1) is 0 Å². The molecular weight excluding hydrogens is 118 g/mol. The summed E-state index contributed by atoms with van der Waals surface area (Å²) in [5.41, 5.74) is 0. The minimum Gasteiger partial charge on any atom is -0.369 e. The monoisotopic (exact) mass is 129 g/mol. The van der Waals surface area contributed by atoms with E-state index in [9.17, 15) is 4.79 Å². The van der Waals surface area contributed by atoms with E-state index in [0.29, 0.717) is 0 Å². The Bertz CT molecular complexity index is 124. The lowest BCUT2D eigenvalue weighted by Gasteiger charge is -2.09. The van der Waals surface area contributed by atoms with Gasteiger partial charge in [0.15, 0.2) is 5.78 Å². The van der Waals surface area contributed by atoms with E-state index >= 15 is 0 Å². The van der Waals surface area contributed by atoms with Gasteiger partial charge in [-0.25, -0.2) is 0 Å². The van der Waals surface area contributed by atoms with E-state index in [1.807, 2.05) is 6.92 Å².